The molecule has 1 aromatic heterocycles. The first-order valence-corrected chi connectivity index (χ1v) is 4.87. The highest BCUT2D eigenvalue weighted by atomic mass is 16.1. The number of anilines is 1. The van der Waals surface area contributed by atoms with Crippen LogP contribution in [0.25, 0.3) is 0 Å². The van der Waals surface area contributed by atoms with E-state index in [9.17, 15) is 4.79 Å². The van der Waals surface area contributed by atoms with Gasteiger partial charge in [-0.15, -0.1) is 0 Å². The van der Waals surface area contributed by atoms with Gasteiger partial charge in [0.25, 0.3) is 0 Å². The Hall–Kier alpha value is -1.38. The van der Waals surface area contributed by atoms with Crippen LogP contribution in [-0.2, 0) is 4.79 Å². The summed E-state index contributed by atoms with van der Waals surface area (Å²) in [4.78, 5) is 15.2. The first-order chi connectivity index (χ1) is 6.70. The first-order valence-electron chi connectivity index (χ1n) is 4.87. The smallest absolute Gasteiger partial charge is 0.137 e. The summed E-state index contributed by atoms with van der Waals surface area (Å²) in [6.07, 6.45) is 4.05. The lowest BCUT2D eigenvalue weighted by atomic mass is 10.1. The molecule has 0 radical (unpaired) electrons. The van der Waals surface area contributed by atoms with Gasteiger partial charge in [0.05, 0.1) is 5.69 Å². The van der Waals surface area contributed by atoms with Crippen molar-refractivity contribution in [3.05, 3.63) is 24.5 Å². The molecule has 76 valence electrons. The number of aromatic nitrogens is 1. The third kappa shape index (κ3) is 3.56. The second kappa shape index (κ2) is 5.37. The molecule has 0 spiro atoms. The van der Waals surface area contributed by atoms with Crippen LogP contribution >= 0.6 is 0 Å². The molecule has 14 heavy (non-hydrogen) atoms. The number of carbonyl (C=O) groups excluding carboxylic acids is 1. The van der Waals surface area contributed by atoms with E-state index in [1.54, 1.807) is 12.4 Å². The van der Waals surface area contributed by atoms with Crippen molar-refractivity contribution in [3.8, 4) is 0 Å². The molecule has 1 rings (SSSR count). The fraction of sp³-hybridized carbons (Fsp3) is 0.455. The van der Waals surface area contributed by atoms with Crippen molar-refractivity contribution < 1.29 is 4.79 Å². The minimum absolute atomic E-state index is 0.130. The quantitative estimate of drug-likeness (QED) is 0.776. The maximum Gasteiger partial charge on any atom is 0.137 e. The summed E-state index contributed by atoms with van der Waals surface area (Å²) in [6, 6.07) is 3.81. The fourth-order valence-corrected chi connectivity index (χ4v) is 1.09. The minimum atomic E-state index is 0.130. The molecule has 0 saturated carbocycles. The molecule has 0 unspecified atom stereocenters. The maximum absolute atomic E-state index is 11.3. The standard InChI is InChI=1S/C11H16N2O/c1-9(2)11(14)5-7-13-10-4-3-6-12-8-10/h3-4,6,8-9,13H,5,7H2,1-2H3. The van der Waals surface area contributed by atoms with Gasteiger partial charge in [-0.1, -0.05) is 13.8 Å². The maximum atomic E-state index is 11.3. The number of nitrogens with zero attached hydrogens (tertiary/aromatic N) is 1. The highest BCUT2D eigenvalue weighted by Crippen LogP contribution is 2.04. The minimum Gasteiger partial charge on any atom is -0.383 e. The summed E-state index contributed by atoms with van der Waals surface area (Å²) in [5, 5.41) is 3.15. The number of Topliss-reactive ketones (excluding diaryl/α,β-unsaturated/α-hetero) is 1. The van der Waals surface area contributed by atoms with E-state index < -0.39 is 0 Å². The fourth-order valence-electron chi connectivity index (χ4n) is 1.09. The van der Waals surface area contributed by atoms with Gasteiger partial charge < -0.3 is 5.32 Å². The summed E-state index contributed by atoms with van der Waals surface area (Å²) in [6.45, 7) is 4.53. The summed E-state index contributed by atoms with van der Waals surface area (Å²) in [5.74, 6) is 0.423. The summed E-state index contributed by atoms with van der Waals surface area (Å²) in [7, 11) is 0. The first kappa shape index (κ1) is 10.7. The molecule has 0 atom stereocenters. The Bertz CT molecular complexity index is 283. The Morgan fingerprint density at radius 1 is 1.57 bits per heavy atom. The van der Waals surface area contributed by atoms with Gasteiger partial charge in [-0.25, -0.2) is 0 Å². The topological polar surface area (TPSA) is 42.0 Å². The van der Waals surface area contributed by atoms with Crippen molar-refractivity contribution in [1.82, 2.24) is 4.98 Å². The van der Waals surface area contributed by atoms with Gasteiger partial charge >= 0.3 is 0 Å². The van der Waals surface area contributed by atoms with Crippen LogP contribution in [0.1, 0.15) is 20.3 Å². The van der Waals surface area contributed by atoms with E-state index >= 15 is 0 Å². The van der Waals surface area contributed by atoms with Gasteiger partial charge in [0.2, 0.25) is 0 Å². The third-order valence-electron chi connectivity index (χ3n) is 2.01. The number of rotatable bonds is 5. The molecule has 1 aromatic rings. The summed E-state index contributed by atoms with van der Waals surface area (Å²) in [5.41, 5.74) is 0.962. The third-order valence-corrected chi connectivity index (χ3v) is 2.01. The lowest BCUT2D eigenvalue weighted by molar-refractivity contribution is -0.121. The van der Waals surface area contributed by atoms with Crippen molar-refractivity contribution in [2.45, 2.75) is 20.3 Å². The predicted molar refractivity (Wildman–Crippen MR) is 57.2 cm³/mol. The van der Waals surface area contributed by atoms with Gasteiger partial charge in [0.1, 0.15) is 5.78 Å². The normalized spacial score (nSPS) is 10.2. The molecule has 1 heterocycles. The number of nitrogens with one attached hydrogen (secondary N) is 1. The van der Waals surface area contributed by atoms with E-state index in [0.717, 1.165) is 5.69 Å². The largest absolute Gasteiger partial charge is 0.383 e. The van der Waals surface area contributed by atoms with E-state index in [1.807, 2.05) is 26.0 Å². The van der Waals surface area contributed by atoms with Crippen LogP contribution in [0, 0.1) is 5.92 Å². The summed E-state index contributed by atoms with van der Waals surface area (Å²) < 4.78 is 0. The number of carbonyl (C=O) groups is 1. The lowest BCUT2D eigenvalue weighted by Gasteiger charge is -2.06. The SMILES string of the molecule is CC(C)C(=O)CCNc1cccnc1. The van der Waals surface area contributed by atoms with E-state index in [-0.39, 0.29) is 5.92 Å². The molecule has 3 heteroatoms. The van der Waals surface area contributed by atoms with Gasteiger partial charge in [-0.05, 0) is 12.1 Å². The van der Waals surface area contributed by atoms with Crippen LogP contribution in [0.4, 0.5) is 5.69 Å². The second-order valence-corrected chi connectivity index (χ2v) is 3.54. The Morgan fingerprint density at radius 3 is 2.93 bits per heavy atom. The van der Waals surface area contributed by atoms with Gasteiger partial charge in [-0.2, -0.15) is 0 Å². The van der Waals surface area contributed by atoms with Crippen LogP contribution in [-0.4, -0.2) is 17.3 Å². The Kier molecular flexibility index (Phi) is 4.11. The molecule has 0 bridgehead atoms. The van der Waals surface area contributed by atoms with Crippen LogP contribution in [0.3, 0.4) is 0 Å². The van der Waals surface area contributed by atoms with E-state index in [0.29, 0.717) is 18.7 Å². The number of pyridine rings is 1. The molecular formula is C11H16N2O. The Morgan fingerprint density at radius 2 is 2.36 bits per heavy atom. The van der Waals surface area contributed by atoms with Crippen molar-refractivity contribution in [1.29, 1.82) is 0 Å². The number of hydrogen-bond donors (Lipinski definition) is 1. The predicted octanol–water partition coefficient (Wildman–Crippen LogP) is 2.11. The molecule has 0 amide bonds. The van der Waals surface area contributed by atoms with Crippen molar-refractivity contribution >= 4 is 11.5 Å². The lowest BCUT2D eigenvalue weighted by Crippen LogP contribution is -2.13. The van der Waals surface area contributed by atoms with Crippen molar-refractivity contribution in [3.63, 3.8) is 0 Å². The van der Waals surface area contributed by atoms with Gasteiger partial charge in [0, 0.05) is 31.3 Å². The van der Waals surface area contributed by atoms with Crippen LogP contribution in [0.15, 0.2) is 24.5 Å². The highest BCUT2D eigenvalue weighted by Gasteiger charge is 2.05. The van der Waals surface area contributed by atoms with Gasteiger partial charge in [-0.3, -0.25) is 9.78 Å². The molecule has 0 aromatic carbocycles. The van der Waals surface area contributed by atoms with E-state index in [4.69, 9.17) is 0 Å². The number of hydrogen-bond acceptors (Lipinski definition) is 3. The van der Waals surface area contributed by atoms with E-state index in [1.165, 1.54) is 0 Å². The molecular weight excluding hydrogens is 176 g/mol. The van der Waals surface area contributed by atoms with Crippen molar-refractivity contribution in [2.24, 2.45) is 5.92 Å². The molecule has 0 aliphatic heterocycles. The zero-order valence-electron chi connectivity index (χ0n) is 8.66. The van der Waals surface area contributed by atoms with Crippen molar-refractivity contribution in [2.75, 3.05) is 11.9 Å². The molecule has 0 saturated heterocycles. The number of ketones is 1. The molecule has 1 N–H and O–H groups in total. The zero-order chi connectivity index (χ0) is 10.4. The monoisotopic (exact) mass is 192 g/mol. The van der Waals surface area contributed by atoms with Crippen LogP contribution in [0.5, 0.6) is 0 Å². The Balaban J connectivity index is 2.26. The average Bonchev–Trinajstić information content (AvgIpc) is 2.19. The Labute approximate surface area is 84.6 Å². The van der Waals surface area contributed by atoms with Crippen LogP contribution < -0.4 is 5.32 Å². The molecule has 0 aliphatic carbocycles. The second-order valence-electron chi connectivity index (χ2n) is 3.54. The highest BCUT2D eigenvalue weighted by molar-refractivity contribution is 5.80. The molecule has 0 fully saturated rings. The van der Waals surface area contributed by atoms with Gasteiger partial charge in [0.15, 0.2) is 0 Å². The average molecular weight is 192 g/mol. The molecule has 0 aliphatic rings. The van der Waals surface area contributed by atoms with E-state index in [2.05, 4.69) is 10.3 Å². The summed E-state index contributed by atoms with van der Waals surface area (Å²) >= 11 is 0. The zero-order valence-corrected chi connectivity index (χ0v) is 8.66. The molecule has 3 nitrogen and oxygen atoms in total. The van der Waals surface area contributed by atoms with Crippen LogP contribution in [0.2, 0.25) is 0 Å².